The fourth-order valence-corrected chi connectivity index (χ4v) is 2.35. The van der Waals surface area contributed by atoms with Gasteiger partial charge in [-0.15, -0.1) is 11.3 Å². The van der Waals surface area contributed by atoms with Gasteiger partial charge in [-0.1, -0.05) is 0 Å². The molecule has 1 fully saturated rings. The van der Waals surface area contributed by atoms with Crippen molar-refractivity contribution in [1.82, 2.24) is 4.98 Å². The third-order valence-electron chi connectivity index (χ3n) is 2.40. The maximum absolute atomic E-state index is 5.92. The molecule has 2 atom stereocenters. The smallest absolute Gasteiger partial charge is 0.184 e. The van der Waals surface area contributed by atoms with Crippen LogP contribution in [0.2, 0.25) is 0 Å². The van der Waals surface area contributed by atoms with Gasteiger partial charge in [0.25, 0.3) is 0 Å². The van der Waals surface area contributed by atoms with E-state index in [0.29, 0.717) is 13.2 Å². The zero-order chi connectivity index (χ0) is 10.1. The number of hydrogen-bond acceptors (Lipinski definition) is 5. The van der Waals surface area contributed by atoms with E-state index in [-0.39, 0.29) is 12.0 Å². The van der Waals surface area contributed by atoms with E-state index in [0.717, 1.165) is 10.8 Å². The minimum Gasteiger partial charge on any atom is -0.379 e. The largest absolute Gasteiger partial charge is 0.379 e. The standard InChI is InChI=1S/C9H15N3OS/c1-12(2)9-11-8(5-14-9)6-3-13-4-7(6)10/h5-7H,3-4,10H2,1-2H3. The molecule has 4 nitrogen and oxygen atoms in total. The lowest BCUT2D eigenvalue weighted by atomic mass is 10.0. The van der Waals surface area contributed by atoms with Gasteiger partial charge in [0, 0.05) is 31.4 Å². The van der Waals surface area contributed by atoms with Gasteiger partial charge in [0.1, 0.15) is 0 Å². The molecule has 1 saturated heterocycles. The van der Waals surface area contributed by atoms with Crippen molar-refractivity contribution in [3.8, 4) is 0 Å². The van der Waals surface area contributed by atoms with E-state index < -0.39 is 0 Å². The summed E-state index contributed by atoms with van der Waals surface area (Å²) >= 11 is 1.65. The zero-order valence-electron chi connectivity index (χ0n) is 8.43. The van der Waals surface area contributed by atoms with Crippen LogP contribution < -0.4 is 10.6 Å². The Morgan fingerprint density at radius 3 is 2.86 bits per heavy atom. The van der Waals surface area contributed by atoms with Crippen LogP contribution in [0.1, 0.15) is 11.6 Å². The number of thiazole rings is 1. The van der Waals surface area contributed by atoms with E-state index in [4.69, 9.17) is 10.5 Å². The lowest BCUT2D eigenvalue weighted by Crippen LogP contribution is -2.27. The molecule has 1 aliphatic rings. The summed E-state index contributed by atoms with van der Waals surface area (Å²) in [5, 5.41) is 3.10. The van der Waals surface area contributed by atoms with E-state index in [1.165, 1.54) is 0 Å². The second kappa shape index (κ2) is 3.84. The summed E-state index contributed by atoms with van der Waals surface area (Å²) in [7, 11) is 3.99. The number of ether oxygens (including phenoxy) is 1. The number of nitrogens with zero attached hydrogens (tertiary/aromatic N) is 2. The second-order valence-corrected chi connectivity index (χ2v) is 4.59. The highest BCUT2D eigenvalue weighted by molar-refractivity contribution is 7.13. The number of nitrogens with two attached hydrogens (primary N) is 1. The Labute approximate surface area is 87.7 Å². The van der Waals surface area contributed by atoms with Gasteiger partial charge < -0.3 is 15.4 Å². The third kappa shape index (κ3) is 1.75. The minimum absolute atomic E-state index is 0.104. The Morgan fingerprint density at radius 2 is 2.36 bits per heavy atom. The molecule has 5 heteroatoms. The topological polar surface area (TPSA) is 51.4 Å². The Morgan fingerprint density at radius 1 is 1.57 bits per heavy atom. The average molecular weight is 213 g/mol. The Kier molecular flexibility index (Phi) is 2.71. The highest BCUT2D eigenvalue weighted by Crippen LogP contribution is 2.28. The molecular formula is C9H15N3OS. The zero-order valence-corrected chi connectivity index (χ0v) is 9.25. The van der Waals surface area contributed by atoms with E-state index in [1.54, 1.807) is 11.3 Å². The third-order valence-corrected chi connectivity index (χ3v) is 3.42. The highest BCUT2D eigenvalue weighted by Gasteiger charge is 2.28. The molecule has 1 aromatic rings. The molecule has 1 aliphatic heterocycles. The van der Waals surface area contributed by atoms with E-state index in [1.807, 2.05) is 19.0 Å². The Balaban J connectivity index is 2.16. The van der Waals surface area contributed by atoms with Gasteiger partial charge in [0.05, 0.1) is 18.9 Å². The fourth-order valence-electron chi connectivity index (χ4n) is 1.53. The first-order chi connectivity index (χ1) is 6.68. The van der Waals surface area contributed by atoms with Gasteiger partial charge in [0.15, 0.2) is 5.13 Å². The quantitative estimate of drug-likeness (QED) is 0.783. The molecule has 0 aromatic carbocycles. The molecule has 0 radical (unpaired) electrons. The van der Waals surface area contributed by atoms with Crippen molar-refractivity contribution in [3.63, 3.8) is 0 Å². The lowest BCUT2D eigenvalue weighted by molar-refractivity contribution is 0.190. The van der Waals surface area contributed by atoms with E-state index in [9.17, 15) is 0 Å². The van der Waals surface area contributed by atoms with Crippen LogP contribution in [0.4, 0.5) is 5.13 Å². The van der Waals surface area contributed by atoms with Crippen LogP contribution in [0.25, 0.3) is 0 Å². The van der Waals surface area contributed by atoms with Crippen molar-refractivity contribution in [2.24, 2.45) is 5.73 Å². The van der Waals surface area contributed by atoms with Crippen LogP contribution in [-0.4, -0.2) is 38.3 Å². The van der Waals surface area contributed by atoms with Gasteiger partial charge >= 0.3 is 0 Å². The van der Waals surface area contributed by atoms with Crippen molar-refractivity contribution in [3.05, 3.63) is 11.1 Å². The van der Waals surface area contributed by atoms with Crippen molar-refractivity contribution >= 4 is 16.5 Å². The van der Waals surface area contributed by atoms with Crippen LogP contribution in [0.5, 0.6) is 0 Å². The molecule has 0 aliphatic carbocycles. The summed E-state index contributed by atoms with van der Waals surface area (Å²) in [5.74, 6) is 0.278. The molecule has 2 rings (SSSR count). The summed E-state index contributed by atoms with van der Waals surface area (Å²) in [6.45, 7) is 1.36. The molecule has 0 saturated carbocycles. The summed E-state index contributed by atoms with van der Waals surface area (Å²) in [5.41, 5.74) is 7.00. The van der Waals surface area contributed by atoms with Crippen LogP contribution >= 0.6 is 11.3 Å². The predicted octanol–water partition coefficient (Wildman–Crippen LogP) is 0.650. The van der Waals surface area contributed by atoms with Gasteiger partial charge in [-0.2, -0.15) is 0 Å². The first-order valence-electron chi connectivity index (χ1n) is 4.64. The monoisotopic (exact) mass is 213 g/mol. The molecule has 14 heavy (non-hydrogen) atoms. The fraction of sp³-hybridized carbons (Fsp3) is 0.667. The molecule has 2 heterocycles. The summed E-state index contributed by atoms with van der Waals surface area (Å²) in [6.07, 6.45) is 0. The van der Waals surface area contributed by atoms with Crippen LogP contribution in [0.15, 0.2) is 5.38 Å². The molecule has 78 valence electrons. The SMILES string of the molecule is CN(C)c1nc(C2COCC2N)cs1. The first-order valence-corrected chi connectivity index (χ1v) is 5.52. The number of anilines is 1. The van der Waals surface area contributed by atoms with Gasteiger partial charge in [-0.05, 0) is 0 Å². The molecule has 2 unspecified atom stereocenters. The maximum Gasteiger partial charge on any atom is 0.184 e. The second-order valence-electron chi connectivity index (χ2n) is 3.76. The normalized spacial score (nSPS) is 26.8. The van der Waals surface area contributed by atoms with Gasteiger partial charge in [-0.25, -0.2) is 4.98 Å². The van der Waals surface area contributed by atoms with Crippen molar-refractivity contribution in [1.29, 1.82) is 0 Å². The summed E-state index contributed by atoms with van der Waals surface area (Å²) in [6, 6.07) is 0.104. The molecule has 0 amide bonds. The van der Waals surface area contributed by atoms with Crippen molar-refractivity contribution in [2.45, 2.75) is 12.0 Å². The average Bonchev–Trinajstić information content (AvgIpc) is 2.71. The lowest BCUT2D eigenvalue weighted by Gasteiger charge is -2.10. The van der Waals surface area contributed by atoms with Crippen molar-refractivity contribution < 1.29 is 4.74 Å². The number of rotatable bonds is 2. The van der Waals surface area contributed by atoms with E-state index >= 15 is 0 Å². The van der Waals surface area contributed by atoms with Gasteiger partial charge in [0.2, 0.25) is 0 Å². The van der Waals surface area contributed by atoms with Crippen molar-refractivity contribution in [2.75, 3.05) is 32.2 Å². The Hall–Kier alpha value is -0.650. The van der Waals surface area contributed by atoms with Gasteiger partial charge in [-0.3, -0.25) is 0 Å². The highest BCUT2D eigenvalue weighted by atomic mass is 32.1. The molecule has 0 spiro atoms. The molecular weight excluding hydrogens is 198 g/mol. The summed E-state index contributed by atoms with van der Waals surface area (Å²) in [4.78, 5) is 6.54. The first kappa shape index (κ1) is 9.89. The maximum atomic E-state index is 5.92. The van der Waals surface area contributed by atoms with Crippen LogP contribution in [-0.2, 0) is 4.74 Å². The number of aromatic nitrogens is 1. The van der Waals surface area contributed by atoms with E-state index in [2.05, 4.69) is 10.4 Å². The van der Waals surface area contributed by atoms with Crippen LogP contribution in [0, 0.1) is 0 Å². The summed E-state index contributed by atoms with van der Waals surface area (Å²) < 4.78 is 5.32. The number of hydrogen-bond donors (Lipinski definition) is 1. The molecule has 2 N–H and O–H groups in total. The minimum atomic E-state index is 0.104. The van der Waals surface area contributed by atoms with Crippen LogP contribution in [0.3, 0.4) is 0 Å². The molecule has 0 bridgehead atoms. The Bertz CT molecular complexity index is 313. The predicted molar refractivity (Wildman–Crippen MR) is 58.0 cm³/mol. The molecule has 1 aromatic heterocycles.